The number of amides is 1. The van der Waals surface area contributed by atoms with Crippen molar-refractivity contribution in [3.8, 4) is 11.3 Å². The normalized spacial score (nSPS) is 15.1. The fraction of sp³-hybridized carbons (Fsp3) is 0.364. The Hall–Kier alpha value is -3.22. The Labute approximate surface area is 169 Å². The molecule has 1 aliphatic rings. The molecule has 0 spiro atoms. The van der Waals surface area contributed by atoms with Crippen molar-refractivity contribution < 1.29 is 4.79 Å². The zero-order valence-corrected chi connectivity index (χ0v) is 16.4. The van der Waals surface area contributed by atoms with Crippen LogP contribution in [0.1, 0.15) is 37.9 Å². The highest BCUT2D eigenvalue weighted by molar-refractivity contribution is 5.77. The van der Waals surface area contributed by atoms with Crippen molar-refractivity contribution in [2.75, 3.05) is 13.1 Å². The first-order chi connectivity index (χ1) is 14.3. The van der Waals surface area contributed by atoms with Crippen molar-refractivity contribution >= 4 is 17.1 Å². The van der Waals surface area contributed by atoms with Crippen LogP contribution < -0.4 is 0 Å². The Balaban J connectivity index is 1.39. The second kappa shape index (κ2) is 7.66. The van der Waals surface area contributed by atoms with E-state index < -0.39 is 0 Å². The lowest BCUT2D eigenvalue weighted by Crippen LogP contribution is -2.32. The van der Waals surface area contributed by atoms with E-state index in [-0.39, 0.29) is 5.91 Å². The van der Waals surface area contributed by atoms with Gasteiger partial charge in [-0.3, -0.25) is 9.20 Å². The summed E-state index contributed by atoms with van der Waals surface area (Å²) in [4.78, 5) is 14.6. The summed E-state index contributed by atoms with van der Waals surface area (Å²) in [7, 11) is 0. The molecule has 0 unspecified atom stereocenters. The van der Waals surface area contributed by atoms with Gasteiger partial charge in [0.15, 0.2) is 5.65 Å². The van der Waals surface area contributed by atoms with Crippen molar-refractivity contribution in [1.29, 1.82) is 0 Å². The smallest absolute Gasteiger partial charge is 0.223 e. The third kappa shape index (κ3) is 3.48. The molecule has 1 amide bonds. The summed E-state index contributed by atoms with van der Waals surface area (Å²) in [5.41, 5.74) is 3.64. The lowest BCUT2D eigenvalue weighted by Gasteiger charge is -2.19. The first-order valence-corrected chi connectivity index (χ1v) is 10.3. The van der Waals surface area contributed by atoms with Gasteiger partial charge in [0.2, 0.25) is 5.91 Å². The molecule has 1 saturated heterocycles. The molecule has 0 saturated carbocycles. The van der Waals surface area contributed by atoms with Gasteiger partial charge in [0.25, 0.3) is 0 Å². The first-order valence-electron chi connectivity index (χ1n) is 10.3. The van der Waals surface area contributed by atoms with Crippen LogP contribution in [0.2, 0.25) is 0 Å². The Morgan fingerprint density at radius 3 is 2.55 bits per heavy atom. The van der Waals surface area contributed by atoms with Crippen molar-refractivity contribution in [1.82, 2.24) is 29.1 Å². The van der Waals surface area contributed by atoms with Gasteiger partial charge in [-0.25, -0.2) is 4.52 Å². The number of nitrogens with zero attached hydrogens (tertiary/aromatic N) is 6. The third-order valence-electron chi connectivity index (χ3n) is 5.68. The Kier molecular flexibility index (Phi) is 4.71. The van der Waals surface area contributed by atoms with E-state index in [2.05, 4.69) is 15.3 Å². The highest BCUT2D eigenvalue weighted by Crippen LogP contribution is 2.22. The maximum absolute atomic E-state index is 12.6. The standard InChI is InChI=1S/C22H24N6O/c29-21(26-12-6-1-2-7-13-26)11-10-20-23-24-22-19-16-18(17-8-4-3-5-9-17)25-28(19)15-14-27(20)22/h3-5,8-9,14-16H,1-2,6-7,10-13H2. The highest BCUT2D eigenvalue weighted by Gasteiger charge is 2.17. The zero-order valence-electron chi connectivity index (χ0n) is 16.4. The Bertz CT molecular complexity index is 1140. The molecule has 29 heavy (non-hydrogen) atoms. The molecule has 148 valence electrons. The summed E-state index contributed by atoms with van der Waals surface area (Å²) in [6.45, 7) is 1.77. The van der Waals surface area contributed by atoms with Gasteiger partial charge in [0.05, 0.1) is 5.69 Å². The van der Waals surface area contributed by atoms with Crippen LogP contribution in [0.25, 0.3) is 22.4 Å². The van der Waals surface area contributed by atoms with Gasteiger partial charge in [-0.1, -0.05) is 43.2 Å². The minimum Gasteiger partial charge on any atom is -0.343 e. The Morgan fingerprint density at radius 1 is 0.966 bits per heavy atom. The maximum Gasteiger partial charge on any atom is 0.223 e. The van der Waals surface area contributed by atoms with E-state index in [1.165, 1.54) is 12.8 Å². The number of aryl methyl sites for hydroxylation is 1. The zero-order chi connectivity index (χ0) is 19.6. The van der Waals surface area contributed by atoms with Gasteiger partial charge >= 0.3 is 0 Å². The van der Waals surface area contributed by atoms with E-state index >= 15 is 0 Å². The van der Waals surface area contributed by atoms with Crippen molar-refractivity contribution in [2.45, 2.75) is 38.5 Å². The van der Waals surface area contributed by atoms with Crippen LogP contribution in [0.15, 0.2) is 48.8 Å². The van der Waals surface area contributed by atoms with Crippen LogP contribution in [-0.4, -0.2) is 48.1 Å². The number of carbonyl (C=O) groups excluding carboxylic acids is 1. The first kappa shape index (κ1) is 17.8. The topological polar surface area (TPSA) is 67.8 Å². The number of benzene rings is 1. The van der Waals surface area contributed by atoms with Crippen LogP contribution >= 0.6 is 0 Å². The maximum atomic E-state index is 12.6. The molecule has 0 N–H and O–H groups in total. The summed E-state index contributed by atoms with van der Waals surface area (Å²) < 4.78 is 3.81. The molecule has 4 aromatic rings. The van der Waals surface area contributed by atoms with Gasteiger partial charge in [0, 0.05) is 43.9 Å². The molecule has 0 atom stereocenters. The van der Waals surface area contributed by atoms with E-state index in [9.17, 15) is 4.79 Å². The predicted molar refractivity (Wildman–Crippen MR) is 111 cm³/mol. The molecule has 1 fully saturated rings. The number of hydrogen-bond donors (Lipinski definition) is 0. The largest absolute Gasteiger partial charge is 0.343 e. The van der Waals surface area contributed by atoms with Crippen molar-refractivity contribution in [3.05, 3.63) is 54.6 Å². The molecule has 4 heterocycles. The molecule has 5 rings (SSSR count). The molecule has 0 radical (unpaired) electrons. The molecule has 1 aliphatic heterocycles. The third-order valence-corrected chi connectivity index (χ3v) is 5.68. The quantitative estimate of drug-likeness (QED) is 0.537. The number of likely N-dealkylation sites (tertiary alicyclic amines) is 1. The molecule has 7 nitrogen and oxygen atoms in total. The fourth-order valence-corrected chi connectivity index (χ4v) is 4.08. The van der Waals surface area contributed by atoms with Crippen molar-refractivity contribution in [3.63, 3.8) is 0 Å². The van der Waals surface area contributed by atoms with Crippen LogP contribution in [0, 0.1) is 0 Å². The lowest BCUT2D eigenvalue weighted by molar-refractivity contribution is -0.131. The highest BCUT2D eigenvalue weighted by atomic mass is 16.2. The molecular weight excluding hydrogens is 364 g/mol. The molecule has 0 bridgehead atoms. The van der Waals surface area contributed by atoms with Gasteiger partial charge in [-0.05, 0) is 18.9 Å². The van der Waals surface area contributed by atoms with Gasteiger partial charge in [-0.15, -0.1) is 10.2 Å². The average Bonchev–Trinajstić information content (AvgIpc) is 3.27. The fourth-order valence-electron chi connectivity index (χ4n) is 4.08. The lowest BCUT2D eigenvalue weighted by atomic mass is 10.1. The van der Waals surface area contributed by atoms with Crippen LogP contribution in [0.5, 0.6) is 0 Å². The summed E-state index contributed by atoms with van der Waals surface area (Å²) in [5, 5.41) is 13.4. The summed E-state index contributed by atoms with van der Waals surface area (Å²) in [6.07, 6.45) is 9.59. The second-order valence-corrected chi connectivity index (χ2v) is 7.63. The number of fused-ring (bicyclic) bond motifs is 3. The van der Waals surface area contributed by atoms with Gasteiger partial charge < -0.3 is 4.90 Å². The molecule has 0 aliphatic carbocycles. The second-order valence-electron chi connectivity index (χ2n) is 7.63. The summed E-state index contributed by atoms with van der Waals surface area (Å²) >= 11 is 0. The molecule has 1 aromatic carbocycles. The van der Waals surface area contributed by atoms with Gasteiger partial charge in [0.1, 0.15) is 11.3 Å². The predicted octanol–water partition coefficient (Wildman–Crippen LogP) is 3.38. The molecule has 7 heteroatoms. The van der Waals surface area contributed by atoms with E-state index in [1.807, 2.05) is 62.6 Å². The number of hydrogen-bond acceptors (Lipinski definition) is 4. The molecule has 3 aromatic heterocycles. The van der Waals surface area contributed by atoms with E-state index in [1.54, 1.807) is 0 Å². The van der Waals surface area contributed by atoms with Gasteiger partial charge in [-0.2, -0.15) is 5.10 Å². The minimum absolute atomic E-state index is 0.223. The average molecular weight is 388 g/mol. The Morgan fingerprint density at radius 2 is 1.76 bits per heavy atom. The van der Waals surface area contributed by atoms with Crippen LogP contribution in [0.4, 0.5) is 0 Å². The number of aromatic nitrogens is 5. The SMILES string of the molecule is O=C(CCc1nnc2c3cc(-c4ccccc4)nn3ccn12)N1CCCCCC1. The van der Waals surface area contributed by atoms with Crippen LogP contribution in [-0.2, 0) is 11.2 Å². The van der Waals surface area contributed by atoms with E-state index in [0.717, 1.165) is 54.2 Å². The van der Waals surface area contributed by atoms with Crippen LogP contribution in [0.3, 0.4) is 0 Å². The van der Waals surface area contributed by atoms with Crippen molar-refractivity contribution in [2.24, 2.45) is 0 Å². The van der Waals surface area contributed by atoms with E-state index in [0.29, 0.717) is 12.8 Å². The number of carbonyl (C=O) groups is 1. The minimum atomic E-state index is 0.223. The summed E-state index contributed by atoms with van der Waals surface area (Å²) in [6, 6.07) is 12.1. The number of rotatable bonds is 4. The molecular formula is C22H24N6O. The van der Waals surface area contributed by atoms with E-state index in [4.69, 9.17) is 0 Å². The monoisotopic (exact) mass is 388 g/mol. The summed E-state index contributed by atoms with van der Waals surface area (Å²) in [5.74, 6) is 1.04.